The molecule has 1 aliphatic heterocycles. The van der Waals surface area contributed by atoms with E-state index in [0.717, 1.165) is 16.9 Å². The Morgan fingerprint density at radius 2 is 1.60 bits per heavy atom. The Balaban J connectivity index is 2.16. The summed E-state index contributed by atoms with van der Waals surface area (Å²) in [6.45, 7) is 0. The quantitative estimate of drug-likeness (QED) is 0.867. The van der Waals surface area contributed by atoms with E-state index in [-0.39, 0.29) is 0 Å². The van der Waals surface area contributed by atoms with Gasteiger partial charge in [-0.3, -0.25) is 9.98 Å². The Kier molecular flexibility index (Phi) is 2.99. The molecule has 2 aromatic carbocycles. The van der Waals surface area contributed by atoms with Gasteiger partial charge in [-0.15, -0.1) is 0 Å². The number of anilines is 1. The van der Waals surface area contributed by atoms with Crippen LogP contribution >= 0.6 is 0 Å². The van der Waals surface area contributed by atoms with Crippen molar-refractivity contribution >= 4 is 18.1 Å². The summed E-state index contributed by atoms with van der Waals surface area (Å²) < 4.78 is 5.19. The summed E-state index contributed by atoms with van der Waals surface area (Å²) in [4.78, 5) is 9.11. The highest BCUT2D eigenvalue weighted by atomic mass is 16.5. The van der Waals surface area contributed by atoms with Gasteiger partial charge in [-0.05, 0) is 18.2 Å². The van der Waals surface area contributed by atoms with Crippen LogP contribution in [0, 0.1) is 0 Å². The zero-order valence-electron chi connectivity index (χ0n) is 11.2. The van der Waals surface area contributed by atoms with Gasteiger partial charge in [0.1, 0.15) is 5.75 Å². The molecule has 4 nitrogen and oxygen atoms in total. The predicted molar refractivity (Wildman–Crippen MR) is 81.6 cm³/mol. The fourth-order valence-corrected chi connectivity index (χ4v) is 2.40. The molecule has 4 heteroatoms. The number of nitrogen functional groups attached to an aromatic ring is 1. The first-order valence-electron chi connectivity index (χ1n) is 6.35. The Morgan fingerprint density at radius 3 is 2.20 bits per heavy atom. The highest BCUT2D eigenvalue weighted by Gasteiger charge is 2.35. The van der Waals surface area contributed by atoms with Crippen molar-refractivity contribution in [3.63, 3.8) is 0 Å². The highest BCUT2D eigenvalue weighted by molar-refractivity contribution is 6.18. The summed E-state index contributed by atoms with van der Waals surface area (Å²) in [5.41, 5.74) is 7.85. The average Bonchev–Trinajstić information content (AvgIpc) is 2.98. The molecule has 2 N–H and O–H groups in total. The molecule has 100 valence electrons. The van der Waals surface area contributed by atoms with Crippen LogP contribution in [0.25, 0.3) is 0 Å². The van der Waals surface area contributed by atoms with Gasteiger partial charge in [0, 0.05) is 29.2 Å². The van der Waals surface area contributed by atoms with Gasteiger partial charge in [0.15, 0.2) is 0 Å². The molecule has 1 heterocycles. The number of nitrogens with zero attached hydrogens (tertiary/aromatic N) is 2. The molecule has 0 saturated heterocycles. The molecule has 2 aromatic rings. The first-order valence-corrected chi connectivity index (χ1v) is 6.35. The zero-order chi connectivity index (χ0) is 14.0. The van der Waals surface area contributed by atoms with Gasteiger partial charge in [0.25, 0.3) is 0 Å². The van der Waals surface area contributed by atoms with Crippen LogP contribution in [-0.4, -0.2) is 19.5 Å². The molecular formula is C16H15N3O. The van der Waals surface area contributed by atoms with Gasteiger partial charge >= 0.3 is 0 Å². The maximum Gasteiger partial charge on any atom is 0.203 e. The normalized spacial score (nSPS) is 15.4. The summed E-state index contributed by atoms with van der Waals surface area (Å²) in [5.74, 6) is 0.802. The van der Waals surface area contributed by atoms with E-state index in [1.807, 2.05) is 48.5 Å². The van der Waals surface area contributed by atoms with E-state index in [0.29, 0.717) is 5.69 Å². The number of aliphatic imine (C=N–C) groups is 2. The van der Waals surface area contributed by atoms with Gasteiger partial charge in [-0.25, -0.2) is 0 Å². The number of hydrogen-bond acceptors (Lipinski definition) is 4. The van der Waals surface area contributed by atoms with Crippen molar-refractivity contribution in [3.8, 4) is 5.75 Å². The minimum atomic E-state index is -0.780. The van der Waals surface area contributed by atoms with Crippen LogP contribution < -0.4 is 10.5 Å². The van der Waals surface area contributed by atoms with Crippen LogP contribution in [0.2, 0.25) is 0 Å². The van der Waals surface area contributed by atoms with E-state index in [1.54, 1.807) is 19.5 Å². The molecule has 0 aromatic heterocycles. The van der Waals surface area contributed by atoms with E-state index in [2.05, 4.69) is 9.98 Å². The molecule has 0 bridgehead atoms. The van der Waals surface area contributed by atoms with E-state index >= 15 is 0 Å². The molecule has 0 radical (unpaired) electrons. The summed E-state index contributed by atoms with van der Waals surface area (Å²) in [5, 5.41) is 0. The molecule has 0 spiro atoms. The third-order valence-electron chi connectivity index (χ3n) is 3.42. The van der Waals surface area contributed by atoms with Gasteiger partial charge < -0.3 is 10.5 Å². The van der Waals surface area contributed by atoms with Crippen molar-refractivity contribution in [2.24, 2.45) is 9.98 Å². The van der Waals surface area contributed by atoms with Gasteiger partial charge in [0.2, 0.25) is 5.66 Å². The van der Waals surface area contributed by atoms with E-state index in [9.17, 15) is 0 Å². The summed E-state index contributed by atoms with van der Waals surface area (Å²) in [6.07, 6.45) is 3.41. The highest BCUT2D eigenvalue weighted by Crippen LogP contribution is 2.39. The first kappa shape index (κ1) is 12.4. The lowest BCUT2D eigenvalue weighted by molar-refractivity contribution is 0.414. The summed E-state index contributed by atoms with van der Waals surface area (Å²) in [7, 11) is 1.64. The van der Waals surface area contributed by atoms with Crippen molar-refractivity contribution < 1.29 is 4.74 Å². The number of hydrogen-bond donors (Lipinski definition) is 1. The minimum absolute atomic E-state index is 0.680. The molecule has 0 atom stereocenters. The number of benzene rings is 2. The van der Waals surface area contributed by atoms with Crippen molar-refractivity contribution in [3.05, 3.63) is 59.7 Å². The standard InChI is InChI=1S/C16H15N3O/c1-20-13-8-6-12(7-9-13)16(18-10-11-19-16)14-4-2-3-5-15(14)17/h2-11H,17H2,1H3. The van der Waals surface area contributed by atoms with Crippen molar-refractivity contribution in [1.82, 2.24) is 0 Å². The summed E-state index contributed by atoms with van der Waals surface area (Å²) >= 11 is 0. The van der Waals surface area contributed by atoms with E-state index < -0.39 is 5.66 Å². The largest absolute Gasteiger partial charge is 0.497 e. The third-order valence-corrected chi connectivity index (χ3v) is 3.42. The Labute approximate surface area is 117 Å². The Morgan fingerprint density at radius 1 is 0.950 bits per heavy atom. The SMILES string of the molecule is COc1ccc(C2(c3ccccc3N)N=CC=N2)cc1. The van der Waals surface area contributed by atoms with Crippen molar-refractivity contribution in [2.75, 3.05) is 12.8 Å². The molecule has 0 aliphatic carbocycles. The third kappa shape index (κ3) is 1.86. The Bertz CT molecular complexity index is 662. The smallest absolute Gasteiger partial charge is 0.203 e. The van der Waals surface area contributed by atoms with Crippen molar-refractivity contribution in [2.45, 2.75) is 5.66 Å². The van der Waals surface area contributed by atoms with E-state index in [1.165, 1.54) is 0 Å². The fraction of sp³-hybridized carbons (Fsp3) is 0.125. The lowest BCUT2D eigenvalue weighted by Crippen LogP contribution is -2.22. The van der Waals surface area contributed by atoms with Crippen LogP contribution in [-0.2, 0) is 5.66 Å². The molecule has 0 unspecified atom stereocenters. The van der Waals surface area contributed by atoms with Gasteiger partial charge in [-0.1, -0.05) is 30.3 Å². The Hall–Kier alpha value is -2.62. The monoisotopic (exact) mass is 265 g/mol. The summed E-state index contributed by atoms with van der Waals surface area (Å²) in [6, 6.07) is 15.4. The average molecular weight is 265 g/mol. The number of para-hydroxylation sites is 1. The molecule has 0 saturated carbocycles. The number of rotatable bonds is 3. The second kappa shape index (κ2) is 4.81. The van der Waals surface area contributed by atoms with Crippen molar-refractivity contribution in [1.29, 1.82) is 0 Å². The first-order chi connectivity index (χ1) is 9.76. The predicted octanol–water partition coefficient (Wildman–Crippen LogP) is 2.63. The topological polar surface area (TPSA) is 60.0 Å². The minimum Gasteiger partial charge on any atom is -0.497 e. The molecular weight excluding hydrogens is 250 g/mol. The number of ether oxygens (including phenoxy) is 1. The lowest BCUT2D eigenvalue weighted by atomic mass is 9.91. The number of methoxy groups -OCH3 is 1. The van der Waals surface area contributed by atoms with Gasteiger partial charge in [-0.2, -0.15) is 0 Å². The lowest BCUT2D eigenvalue weighted by Gasteiger charge is -2.25. The van der Waals surface area contributed by atoms with Crippen LogP contribution in [0.15, 0.2) is 58.5 Å². The van der Waals surface area contributed by atoms with Crippen LogP contribution in [0.5, 0.6) is 5.75 Å². The second-order valence-corrected chi connectivity index (χ2v) is 4.54. The second-order valence-electron chi connectivity index (χ2n) is 4.54. The molecule has 0 amide bonds. The maximum atomic E-state index is 6.11. The number of nitrogens with two attached hydrogens (primary N) is 1. The van der Waals surface area contributed by atoms with Crippen LogP contribution in [0.1, 0.15) is 11.1 Å². The molecule has 1 aliphatic rings. The van der Waals surface area contributed by atoms with E-state index in [4.69, 9.17) is 10.5 Å². The fourth-order valence-electron chi connectivity index (χ4n) is 2.40. The molecule has 3 rings (SSSR count). The maximum absolute atomic E-state index is 6.11. The van der Waals surface area contributed by atoms with Crippen LogP contribution in [0.4, 0.5) is 5.69 Å². The molecule has 20 heavy (non-hydrogen) atoms. The zero-order valence-corrected chi connectivity index (χ0v) is 11.2. The van der Waals surface area contributed by atoms with Gasteiger partial charge in [0.05, 0.1) is 7.11 Å². The van der Waals surface area contributed by atoms with Crippen LogP contribution in [0.3, 0.4) is 0 Å². The molecule has 0 fully saturated rings.